The van der Waals surface area contributed by atoms with E-state index in [-0.39, 0.29) is 5.89 Å². The quantitative estimate of drug-likeness (QED) is 0.578. The van der Waals surface area contributed by atoms with E-state index in [4.69, 9.17) is 16.0 Å². The fourth-order valence-corrected chi connectivity index (χ4v) is 2.52. The Bertz CT molecular complexity index is 1000. The van der Waals surface area contributed by atoms with Gasteiger partial charge in [0.2, 0.25) is 5.89 Å². The second kappa shape index (κ2) is 4.46. The van der Waals surface area contributed by atoms with Crippen LogP contribution in [-0.2, 0) is 0 Å². The van der Waals surface area contributed by atoms with Gasteiger partial charge in [-0.05, 0) is 30.3 Å². The van der Waals surface area contributed by atoms with Gasteiger partial charge in [0.05, 0.1) is 10.9 Å². The summed E-state index contributed by atoms with van der Waals surface area (Å²) in [6.07, 6.45) is 0. The summed E-state index contributed by atoms with van der Waals surface area (Å²) in [7, 11) is 0. The average molecular weight is 297 g/mol. The topological polar surface area (TPSA) is 58.9 Å². The lowest BCUT2D eigenvalue weighted by Gasteiger charge is -1.99. The monoisotopic (exact) mass is 296 g/mol. The van der Waals surface area contributed by atoms with Crippen LogP contribution in [0.1, 0.15) is 0 Å². The summed E-state index contributed by atoms with van der Waals surface area (Å²) >= 11 is 5.95. The first kappa shape index (κ1) is 12.2. The SMILES string of the molecule is O=c1oc(-c2cc3ccccc3[nH]2)nc2cc(Cl)ccc12. The molecule has 0 spiro atoms. The second-order valence-electron chi connectivity index (χ2n) is 4.74. The van der Waals surface area contributed by atoms with Crippen LogP contribution in [-0.4, -0.2) is 9.97 Å². The Hall–Kier alpha value is -2.59. The third-order valence-corrected chi connectivity index (χ3v) is 3.59. The first-order valence-electron chi connectivity index (χ1n) is 6.39. The van der Waals surface area contributed by atoms with Crippen molar-refractivity contribution in [2.24, 2.45) is 0 Å². The molecule has 0 amide bonds. The van der Waals surface area contributed by atoms with E-state index < -0.39 is 5.63 Å². The summed E-state index contributed by atoms with van der Waals surface area (Å²) in [5.74, 6) is 0.256. The molecule has 0 atom stereocenters. The van der Waals surface area contributed by atoms with Crippen LogP contribution in [0.3, 0.4) is 0 Å². The Kier molecular flexibility index (Phi) is 2.59. The fraction of sp³-hybridized carbons (Fsp3) is 0. The summed E-state index contributed by atoms with van der Waals surface area (Å²) in [6, 6.07) is 14.6. The summed E-state index contributed by atoms with van der Waals surface area (Å²) in [4.78, 5) is 19.6. The summed E-state index contributed by atoms with van der Waals surface area (Å²) in [5, 5.41) is 1.98. The molecule has 102 valence electrons. The lowest BCUT2D eigenvalue weighted by Crippen LogP contribution is -2.02. The molecule has 0 aliphatic rings. The van der Waals surface area contributed by atoms with Crippen LogP contribution in [0, 0.1) is 0 Å². The highest BCUT2D eigenvalue weighted by Crippen LogP contribution is 2.24. The van der Waals surface area contributed by atoms with E-state index in [0.717, 1.165) is 10.9 Å². The summed E-state index contributed by atoms with van der Waals surface area (Å²) in [5.41, 5.74) is 1.72. The first-order chi connectivity index (χ1) is 10.2. The van der Waals surface area contributed by atoms with Crippen LogP contribution in [0.5, 0.6) is 0 Å². The molecule has 0 aliphatic carbocycles. The number of aromatic nitrogens is 2. The molecule has 2 aromatic heterocycles. The number of fused-ring (bicyclic) bond motifs is 2. The van der Waals surface area contributed by atoms with Crippen molar-refractivity contribution < 1.29 is 4.42 Å². The number of aromatic amines is 1. The first-order valence-corrected chi connectivity index (χ1v) is 6.77. The summed E-state index contributed by atoms with van der Waals surface area (Å²) < 4.78 is 5.31. The second-order valence-corrected chi connectivity index (χ2v) is 5.17. The molecular formula is C16H9ClN2O2. The number of para-hydroxylation sites is 1. The number of halogens is 1. The van der Waals surface area contributed by atoms with Crippen LogP contribution in [0.15, 0.2) is 57.7 Å². The predicted molar refractivity (Wildman–Crippen MR) is 82.6 cm³/mol. The van der Waals surface area contributed by atoms with E-state index in [1.165, 1.54) is 0 Å². The highest BCUT2D eigenvalue weighted by molar-refractivity contribution is 6.31. The van der Waals surface area contributed by atoms with Gasteiger partial charge in [-0.25, -0.2) is 9.78 Å². The minimum absolute atomic E-state index is 0.256. The van der Waals surface area contributed by atoms with Gasteiger partial charge in [0, 0.05) is 15.9 Å². The minimum atomic E-state index is -0.426. The van der Waals surface area contributed by atoms with Crippen LogP contribution >= 0.6 is 11.6 Å². The molecule has 0 saturated carbocycles. The Morgan fingerprint density at radius 3 is 2.81 bits per heavy atom. The van der Waals surface area contributed by atoms with Gasteiger partial charge >= 0.3 is 5.63 Å². The molecule has 21 heavy (non-hydrogen) atoms. The number of benzene rings is 2. The van der Waals surface area contributed by atoms with Gasteiger partial charge in [0.1, 0.15) is 5.69 Å². The fourth-order valence-electron chi connectivity index (χ4n) is 2.35. The number of hydrogen-bond donors (Lipinski definition) is 1. The van der Waals surface area contributed by atoms with Crippen molar-refractivity contribution in [3.8, 4) is 11.6 Å². The minimum Gasteiger partial charge on any atom is -0.401 e. The highest BCUT2D eigenvalue weighted by atomic mass is 35.5. The normalized spacial score (nSPS) is 11.3. The molecule has 2 heterocycles. The largest absolute Gasteiger partial charge is 0.401 e. The Balaban J connectivity index is 1.99. The molecule has 4 nitrogen and oxygen atoms in total. The molecule has 0 unspecified atom stereocenters. The average Bonchev–Trinajstić information content (AvgIpc) is 2.90. The van der Waals surface area contributed by atoms with E-state index in [9.17, 15) is 4.79 Å². The van der Waals surface area contributed by atoms with Crippen molar-refractivity contribution in [2.75, 3.05) is 0 Å². The molecule has 2 aromatic carbocycles. The molecule has 0 saturated heterocycles. The third kappa shape index (κ3) is 2.00. The Morgan fingerprint density at radius 2 is 1.95 bits per heavy atom. The highest BCUT2D eigenvalue weighted by Gasteiger charge is 2.11. The van der Waals surface area contributed by atoms with Gasteiger partial charge in [-0.1, -0.05) is 29.8 Å². The standard InChI is InChI=1S/C16H9ClN2O2/c17-10-5-6-11-13(8-10)19-15(21-16(11)20)14-7-9-3-1-2-4-12(9)18-14/h1-8,18H. The van der Waals surface area contributed by atoms with Crippen LogP contribution in [0.2, 0.25) is 5.02 Å². The van der Waals surface area contributed by atoms with E-state index in [2.05, 4.69) is 9.97 Å². The molecule has 0 aliphatic heterocycles. The van der Waals surface area contributed by atoms with Gasteiger partial charge in [0.25, 0.3) is 0 Å². The maximum Gasteiger partial charge on any atom is 0.347 e. The van der Waals surface area contributed by atoms with Gasteiger partial charge in [0.15, 0.2) is 0 Å². The zero-order valence-corrected chi connectivity index (χ0v) is 11.5. The molecule has 0 radical (unpaired) electrons. The van der Waals surface area contributed by atoms with Crippen molar-refractivity contribution in [3.05, 3.63) is 64.0 Å². The van der Waals surface area contributed by atoms with Gasteiger partial charge < -0.3 is 9.40 Å². The van der Waals surface area contributed by atoms with E-state index in [0.29, 0.717) is 21.6 Å². The number of rotatable bonds is 1. The van der Waals surface area contributed by atoms with E-state index >= 15 is 0 Å². The number of H-pyrrole nitrogens is 1. The zero-order valence-electron chi connectivity index (χ0n) is 10.8. The molecule has 4 aromatic rings. The Labute approximate surface area is 124 Å². The lowest BCUT2D eigenvalue weighted by atomic mass is 10.2. The van der Waals surface area contributed by atoms with Crippen molar-refractivity contribution in [3.63, 3.8) is 0 Å². The third-order valence-electron chi connectivity index (χ3n) is 3.35. The molecule has 0 bridgehead atoms. The maximum absolute atomic E-state index is 12.0. The van der Waals surface area contributed by atoms with Crippen molar-refractivity contribution in [1.82, 2.24) is 9.97 Å². The number of nitrogens with one attached hydrogen (secondary N) is 1. The van der Waals surface area contributed by atoms with Crippen LogP contribution in [0.4, 0.5) is 0 Å². The van der Waals surface area contributed by atoms with Crippen LogP contribution in [0.25, 0.3) is 33.4 Å². The van der Waals surface area contributed by atoms with Crippen molar-refractivity contribution in [2.45, 2.75) is 0 Å². The smallest absolute Gasteiger partial charge is 0.347 e. The zero-order chi connectivity index (χ0) is 14.4. The van der Waals surface area contributed by atoms with Crippen molar-refractivity contribution >= 4 is 33.4 Å². The van der Waals surface area contributed by atoms with E-state index in [1.54, 1.807) is 18.2 Å². The predicted octanol–water partition coefficient (Wildman–Crippen LogP) is 3.99. The van der Waals surface area contributed by atoms with Gasteiger partial charge in [-0.2, -0.15) is 0 Å². The van der Waals surface area contributed by atoms with Crippen molar-refractivity contribution in [1.29, 1.82) is 0 Å². The molecule has 0 fully saturated rings. The Morgan fingerprint density at radius 1 is 1.10 bits per heavy atom. The van der Waals surface area contributed by atoms with Gasteiger partial charge in [-0.15, -0.1) is 0 Å². The van der Waals surface area contributed by atoms with Gasteiger partial charge in [-0.3, -0.25) is 0 Å². The molecule has 4 rings (SSSR count). The number of hydrogen-bond acceptors (Lipinski definition) is 3. The molecule has 1 N–H and O–H groups in total. The lowest BCUT2D eigenvalue weighted by molar-refractivity contribution is 0.516. The molecular weight excluding hydrogens is 288 g/mol. The number of nitrogens with zero attached hydrogens (tertiary/aromatic N) is 1. The van der Waals surface area contributed by atoms with E-state index in [1.807, 2.05) is 30.3 Å². The van der Waals surface area contributed by atoms with Crippen LogP contribution < -0.4 is 5.63 Å². The summed E-state index contributed by atoms with van der Waals surface area (Å²) in [6.45, 7) is 0. The molecule has 5 heteroatoms. The maximum atomic E-state index is 12.0.